The Kier molecular flexibility index (Phi) is 10.1. The fraction of sp³-hybridized carbons (Fsp3) is 0.682. The van der Waals surface area contributed by atoms with Crippen LogP contribution in [0, 0.1) is 5.92 Å². The normalized spacial score (nSPS) is 23.6. The summed E-state index contributed by atoms with van der Waals surface area (Å²) in [5.74, 6) is -0.0543. The van der Waals surface area contributed by atoms with Crippen LogP contribution in [-0.2, 0) is 23.9 Å². The first kappa shape index (κ1) is 24.6. The molecule has 2 unspecified atom stereocenters. The molecule has 0 aromatic rings. The Morgan fingerprint density at radius 3 is 2.54 bits per heavy atom. The van der Waals surface area contributed by atoms with Crippen molar-refractivity contribution in [3.63, 3.8) is 0 Å². The van der Waals surface area contributed by atoms with Crippen LogP contribution >= 0.6 is 11.6 Å². The van der Waals surface area contributed by atoms with Crippen LogP contribution in [0.2, 0.25) is 0 Å². The molecular weight excluding hydrogens is 380 g/mol. The van der Waals surface area contributed by atoms with Crippen molar-refractivity contribution in [3.8, 4) is 0 Å². The molecule has 0 spiro atoms. The van der Waals surface area contributed by atoms with Crippen LogP contribution in [0.3, 0.4) is 0 Å². The van der Waals surface area contributed by atoms with Crippen molar-refractivity contribution in [2.75, 3.05) is 6.61 Å². The summed E-state index contributed by atoms with van der Waals surface area (Å²) in [5, 5.41) is -0.545. The highest BCUT2D eigenvalue weighted by Gasteiger charge is 2.36. The van der Waals surface area contributed by atoms with Gasteiger partial charge in [0, 0.05) is 19.8 Å². The van der Waals surface area contributed by atoms with Gasteiger partial charge in [0.25, 0.3) is 0 Å². The van der Waals surface area contributed by atoms with E-state index in [1.165, 1.54) is 18.6 Å². The number of esters is 1. The second-order valence-corrected chi connectivity index (χ2v) is 8.46. The van der Waals surface area contributed by atoms with Crippen molar-refractivity contribution in [2.24, 2.45) is 5.92 Å². The SMILES string of the molecule is CC(=O)OC(CC=C(C)C)C(C)CCC[C@]1(C)OCC(=CC(=O)Cl)CCC1=O. The van der Waals surface area contributed by atoms with Crippen molar-refractivity contribution in [3.05, 3.63) is 23.3 Å². The van der Waals surface area contributed by atoms with E-state index in [-0.39, 0.29) is 30.4 Å². The number of carbonyl (C=O) groups excluding carboxylic acids is 3. The number of allylic oxidation sites excluding steroid dienone is 2. The van der Waals surface area contributed by atoms with Crippen LogP contribution in [0.25, 0.3) is 0 Å². The van der Waals surface area contributed by atoms with Gasteiger partial charge in [0.15, 0.2) is 5.78 Å². The number of hydrogen-bond donors (Lipinski definition) is 0. The lowest BCUT2D eigenvalue weighted by molar-refractivity contribution is -0.148. The van der Waals surface area contributed by atoms with E-state index in [4.69, 9.17) is 21.1 Å². The molecular formula is C22H33ClO5. The summed E-state index contributed by atoms with van der Waals surface area (Å²) in [6, 6.07) is 0. The molecule has 28 heavy (non-hydrogen) atoms. The van der Waals surface area contributed by atoms with E-state index in [2.05, 4.69) is 13.0 Å². The highest BCUT2D eigenvalue weighted by molar-refractivity contribution is 6.66. The number of Topliss-reactive ketones (excluding diaryl/α,β-unsaturated/α-hetero) is 1. The van der Waals surface area contributed by atoms with Crippen LogP contribution < -0.4 is 0 Å². The van der Waals surface area contributed by atoms with Crippen LogP contribution in [0.5, 0.6) is 0 Å². The Balaban J connectivity index is 2.65. The van der Waals surface area contributed by atoms with E-state index in [1.807, 2.05) is 20.8 Å². The summed E-state index contributed by atoms with van der Waals surface area (Å²) >= 11 is 5.41. The van der Waals surface area contributed by atoms with Gasteiger partial charge in [-0.3, -0.25) is 14.4 Å². The topological polar surface area (TPSA) is 69.7 Å². The highest BCUT2D eigenvalue weighted by atomic mass is 35.5. The number of ketones is 1. The van der Waals surface area contributed by atoms with E-state index in [0.717, 1.165) is 18.4 Å². The van der Waals surface area contributed by atoms with Crippen molar-refractivity contribution < 1.29 is 23.9 Å². The van der Waals surface area contributed by atoms with E-state index >= 15 is 0 Å². The summed E-state index contributed by atoms with van der Waals surface area (Å²) in [6.45, 7) is 9.60. The minimum Gasteiger partial charge on any atom is -0.462 e. The molecule has 158 valence electrons. The summed E-state index contributed by atoms with van der Waals surface area (Å²) in [7, 11) is 0. The summed E-state index contributed by atoms with van der Waals surface area (Å²) in [5.41, 5.74) is 1.08. The third-order valence-electron chi connectivity index (χ3n) is 5.18. The molecule has 5 nitrogen and oxygen atoms in total. The lowest BCUT2D eigenvalue weighted by Crippen LogP contribution is -2.37. The molecule has 1 rings (SSSR count). The average molecular weight is 413 g/mol. The Morgan fingerprint density at radius 1 is 1.29 bits per heavy atom. The Hall–Kier alpha value is -1.46. The van der Waals surface area contributed by atoms with Gasteiger partial charge in [0.2, 0.25) is 5.24 Å². The second kappa shape index (κ2) is 11.5. The number of ether oxygens (including phenoxy) is 2. The van der Waals surface area contributed by atoms with Crippen LogP contribution in [0.4, 0.5) is 0 Å². The summed E-state index contributed by atoms with van der Waals surface area (Å²) in [4.78, 5) is 35.0. The number of rotatable bonds is 9. The van der Waals surface area contributed by atoms with E-state index in [9.17, 15) is 14.4 Å². The highest BCUT2D eigenvalue weighted by Crippen LogP contribution is 2.30. The molecule has 1 aliphatic heterocycles. The van der Waals surface area contributed by atoms with Crippen molar-refractivity contribution in [1.82, 2.24) is 0 Å². The third kappa shape index (κ3) is 8.70. The zero-order valence-electron chi connectivity index (χ0n) is 17.7. The van der Waals surface area contributed by atoms with Gasteiger partial charge in [-0.15, -0.1) is 0 Å². The minimum atomic E-state index is -0.860. The van der Waals surface area contributed by atoms with Crippen LogP contribution in [0.15, 0.2) is 23.3 Å². The van der Waals surface area contributed by atoms with E-state index in [0.29, 0.717) is 25.7 Å². The molecule has 1 saturated heterocycles. The van der Waals surface area contributed by atoms with E-state index < -0.39 is 10.8 Å². The fourth-order valence-electron chi connectivity index (χ4n) is 3.34. The molecule has 1 fully saturated rings. The fourth-order valence-corrected chi connectivity index (χ4v) is 3.49. The Labute approximate surface area is 173 Å². The zero-order chi connectivity index (χ0) is 21.3. The first-order chi connectivity index (χ1) is 13.0. The maximum absolute atomic E-state index is 12.6. The lowest BCUT2D eigenvalue weighted by Gasteiger charge is -2.28. The summed E-state index contributed by atoms with van der Waals surface area (Å²) < 4.78 is 11.4. The van der Waals surface area contributed by atoms with E-state index in [1.54, 1.807) is 0 Å². The monoisotopic (exact) mass is 412 g/mol. The molecule has 3 atom stereocenters. The van der Waals surface area contributed by atoms with Gasteiger partial charge in [-0.1, -0.05) is 18.6 Å². The molecule has 0 bridgehead atoms. The maximum atomic E-state index is 12.6. The Morgan fingerprint density at radius 2 is 1.96 bits per heavy atom. The van der Waals surface area contributed by atoms with Gasteiger partial charge < -0.3 is 9.47 Å². The van der Waals surface area contributed by atoms with Gasteiger partial charge in [0.05, 0.1) is 6.61 Å². The standard InChI is InChI=1S/C22H33ClO5/c1-15(2)8-10-19(28-17(4)24)16(3)7-6-12-22(5)20(25)11-9-18(14-27-22)13-21(23)26/h8,13,16,19H,6-7,9-12,14H2,1-5H3/t16?,19?,22-/m0/s1. The molecule has 1 aliphatic rings. The van der Waals surface area contributed by atoms with Gasteiger partial charge in [0.1, 0.15) is 11.7 Å². The second-order valence-electron chi connectivity index (χ2n) is 8.08. The molecule has 1 heterocycles. The largest absolute Gasteiger partial charge is 0.462 e. The predicted octanol–water partition coefficient (Wildman–Crippen LogP) is 4.91. The first-order valence-corrected chi connectivity index (χ1v) is 10.3. The van der Waals surface area contributed by atoms with Gasteiger partial charge in [-0.05, 0) is 75.6 Å². The molecule has 0 radical (unpaired) electrons. The van der Waals surface area contributed by atoms with Gasteiger partial charge in [-0.2, -0.15) is 0 Å². The number of carbonyl (C=O) groups is 3. The number of halogens is 1. The molecule has 0 amide bonds. The average Bonchev–Trinajstić information content (AvgIpc) is 2.71. The quantitative estimate of drug-likeness (QED) is 0.233. The lowest BCUT2D eigenvalue weighted by atomic mass is 9.88. The molecule has 0 aliphatic carbocycles. The minimum absolute atomic E-state index is 0.0478. The number of hydrogen-bond acceptors (Lipinski definition) is 5. The van der Waals surface area contributed by atoms with Crippen molar-refractivity contribution >= 4 is 28.6 Å². The molecule has 0 saturated carbocycles. The molecule has 6 heteroatoms. The van der Waals surface area contributed by atoms with Crippen molar-refractivity contribution in [1.29, 1.82) is 0 Å². The Bertz CT molecular complexity index is 633. The van der Waals surface area contributed by atoms with Gasteiger partial charge in [-0.25, -0.2) is 0 Å². The zero-order valence-corrected chi connectivity index (χ0v) is 18.4. The van der Waals surface area contributed by atoms with Crippen LogP contribution in [0.1, 0.15) is 73.1 Å². The first-order valence-electron chi connectivity index (χ1n) is 9.90. The summed E-state index contributed by atoms with van der Waals surface area (Å²) in [6.07, 6.45) is 6.98. The predicted molar refractivity (Wildman–Crippen MR) is 110 cm³/mol. The third-order valence-corrected chi connectivity index (χ3v) is 5.29. The molecule has 0 N–H and O–H groups in total. The smallest absolute Gasteiger partial charge is 0.302 e. The molecule has 0 aromatic heterocycles. The van der Waals surface area contributed by atoms with Crippen LogP contribution in [-0.4, -0.2) is 35.3 Å². The molecule has 0 aromatic carbocycles. The van der Waals surface area contributed by atoms with Gasteiger partial charge >= 0.3 is 5.97 Å². The van der Waals surface area contributed by atoms with Crippen molar-refractivity contribution in [2.45, 2.75) is 84.8 Å². The maximum Gasteiger partial charge on any atom is 0.302 e.